The molecule has 0 aromatic carbocycles. The van der Waals surface area contributed by atoms with Gasteiger partial charge in [0.1, 0.15) is 0 Å². The summed E-state index contributed by atoms with van der Waals surface area (Å²) in [5.41, 5.74) is 0. The Kier molecular flexibility index (Phi) is 9.09. The lowest BCUT2D eigenvalue weighted by Gasteiger charge is -2.24. The maximum absolute atomic E-state index is 11.3. The first-order valence-corrected chi connectivity index (χ1v) is 6.60. The molecule has 0 spiro atoms. The van der Waals surface area contributed by atoms with Crippen LogP contribution < -0.4 is 10.6 Å². The molecule has 17 heavy (non-hydrogen) atoms. The minimum absolute atomic E-state index is 0.133. The van der Waals surface area contributed by atoms with E-state index in [1.54, 1.807) is 0 Å². The first-order chi connectivity index (χ1) is 7.95. The topological polar surface area (TPSA) is 44.4 Å². The number of rotatable bonds is 9. The van der Waals surface area contributed by atoms with Crippen molar-refractivity contribution in [2.24, 2.45) is 5.92 Å². The molecule has 0 rings (SSSR count). The molecule has 1 atom stereocenters. The van der Waals surface area contributed by atoms with Gasteiger partial charge in [0, 0.05) is 32.1 Å². The molecule has 0 aromatic heterocycles. The second kappa shape index (κ2) is 9.42. The van der Waals surface area contributed by atoms with E-state index < -0.39 is 0 Å². The number of nitrogens with one attached hydrogen (secondary N) is 2. The molecular weight excluding hydrogens is 214 g/mol. The van der Waals surface area contributed by atoms with E-state index in [2.05, 4.69) is 43.5 Å². The number of carbonyl (C=O) groups is 1. The van der Waals surface area contributed by atoms with Crippen LogP contribution in [0.15, 0.2) is 0 Å². The van der Waals surface area contributed by atoms with Crippen LogP contribution in [-0.2, 0) is 4.79 Å². The molecule has 4 heteroatoms. The second-order valence-electron chi connectivity index (χ2n) is 5.25. The van der Waals surface area contributed by atoms with Crippen molar-refractivity contribution in [2.75, 3.05) is 33.7 Å². The highest BCUT2D eigenvalue weighted by atomic mass is 16.1. The Morgan fingerprint density at radius 3 is 2.41 bits per heavy atom. The van der Waals surface area contributed by atoms with Gasteiger partial charge in [0.25, 0.3) is 0 Å². The van der Waals surface area contributed by atoms with Gasteiger partial charge in [-0.15, -0.1) is 0 Å². The summed E-state index contributed by atoms with van der Waals surface area (Å²) in [6.45, 7) is 8.90. The number of likely N-dealkylation sites (N-methyl/N-ethyl adjacent to an activating group) is 1. The third kappa shape index (κ3) is 10.3. The lowest BCUT2D eigenvalue weighted by molar-refractivity contribution is -0.120. The maximum Gasteiger partial charge on any atom is 0.221 e. The van der Waals surface area contributed by atoms with Crippen LogP contribution in [0.5, 0.6) is 0 Å². The normalized spacial score (nSPS) is 13.1. The van der Waals surface area contributed by atoms with Gasteiger partial charge in [0.15, 0.2) is 0 Å². The average molecular weight is 243 g/mol. The average Bonchev–Trinajstić information content (AvgIpc) is 2.15. The van der Waals surface area contributed by atoms with E-state index in [1.165, 1.54) is 0 Å². The molecule has 0 radical (unpaired) electrons. The predicted molar refractivity (Wildman–Crippen MR) is 73.1 cm³/mol. The van der Waals surface area contributed by atoms with Gasteiger partial charge < -0.3 is 15.5 Å². The molecule has 4 nitrogen and oxygen atoms in total. The van der Waals surface area contributed by atoms with Crippen LogP contribution in [0.25, 0.3) is 0 Å². The van der Waals surface area contributed by atoms with Crippen LogP contribution >= 0.6 is 0 Å². The van der Waals surface area contributed by atoms with Crippen molar-refractivity contribution in [1.82, 2.24) is 15.5 Å². The van der Waals surface area contributed by atoms with Crippen LogP contribution in [0.1, 0.15) is 33.6 Å². The highest BCUT2D eigenvalue weighted by Crippen LogP contribution is 2.05. The van der Waals surface area contributed by atoms with Gasteiger partial charge in [-0.05, 0) is 33.4 Å². The Hall–Kier alpha value is -0.610. The standard InChI is InChI=1S/C13H29N3O/c1-6-14-13(17)7-8-15-12(9-11(2)3)10-16(4)5/h11-12,15H,6-10H2,1-5H3,(H,14,17). The fourth-order valence-corrected chi connectivity index (χ4v) is 1.91. The van der Waals surface area contributed by atoms with Crippen LogP contribution in [0.3, 0.4) is 0 Å². The van der Waals surface area contributed by atoms with E-state index >= 15 is 0 Å². The summed E-state index contributed by atoms with van der Waals surface area (Å²) in [4.78, 5) is 13.5. The van der Waals surface area contributed by atoms with Gasteiger partial charge in [-0.25, -0.2) is 0 Å². The molecule has 0 fully saturated rings. The van der Waals surface area contributed by atoms with Gasteiger partial charge in [-0.3, -0.25) is 4.79 Å². The molecule has 102 valence electrons. The molecule has 1 amide bonds. The summed E-state index contributed by atoms with van der Waals surface area (Å²) in [5.74, 6) is 0.810. The smallest absolute Gasteiger partial charge is 0.221 e. The van der Waals surface area contributed by atoms with E-state index in [9.17, 15) is 4.79 Å². The van der Waals surface area contributed by atoms with E-state index in [0.29, 0.717) is 24.9 Å². The minimum atomic E-state index is 0.133. The van der Waals surface area contributed by atoms with Gasteiger partial charge in [0.2, 0.25) is 5.91 Å². The summed E-state index contributed by atoms with van der Waals surface area (Å²) in [5, 5.41) is 6.28. The summed E-state index contributed by atoms with van der Waals surface area (Å²) < 4.78 is 0. The molecule has 0 heterocycles. The van der Waals surface area contributed by atoms with Crippen molar-refractivity contribution in [3.05, 3.63) is 0 Å². The van der Waals surface area contributed by atoms with Crippen LogP contribution in [0.2, 0.25) is 0 Å². The Bertz CT molecular complexity index is 195. The Morgan fingerprint density at radius 2 is 1.94 bits per heavy atom. The summed E-state index contributed by atoms with van der Waals surface area (Å²) in [6.07, 6.45) is 1.71. The largest absolute Gasteiger partial charge is 0.356 e. The van der Waals surface area contributed by atoms with E-state index in [4.69, 9.17) is 0 Å². The SMILES string of the molecule is CCNC(=O)CCNC(CC(C)C)CN(C)C. The molecular formula is C13H29N3O. The highest BCUT2D eigenvalue weighted by Gasteiger charge is 2.11. The second-order valence-corrected chi connectivity index (χ2v) is 5.25. The number of carbonyl (C=O) groups excluding carboxylic acids is 1. The molecule has 1 unspecified atom stereocenters. The fraction of sp³-hybridized carbons (Fsp3) is 0.923. The maximum atomic E-state index is 11.3. The molecule has 0 aliphatic heterocycles. The Balaban J connectivity index is 3.86. The van der Waals surface area contributed by atoms with Crippen molar-refractivity contribution in [3.8, 4) is 0 Å². The number of hydrogen-bond acceptors (Lipinski definition) is 3. The van der Waals surface area contributed by atoms with Crippen molar-refractivity contribution < 1.29 is 4.79 Å². The zero-order chi connectivity index (χ0) is 13.3. The summed E-state index contributed by atoms with van der Waals surface area (Å²) in [6, 6.07) is 0.472. The summed E-state index contributed by atoms with van der Waals surface area (Å²) >= 11 is 0. The molecule has 0 saturated carbocycles. The van der Waals surface area contributed by atoms with E-state index in [0.717, 1.165) is 19.5 Å². The third-order valence-corrected chi connectivity index (χ3v) is 2.50. The first kappa shape index (κ1) is 16.4. The van der Waals surface area contributed by atoms with E-state index in [-0.39, 0.29) is 5.91 Å². The van der Waals surface area contributed by atoms with Crippen molar-refractivity contribution >= 4 is 5.91 Å². The molecule has 0 aromatic rings. The van der Waals surface area contributed by atoms with Crippen molar-refractivity contribution in [3.63, 3.8) is 0 Å². The minimum Gasteiger partial charge on any atom is -0.356 e. The highest BCUT2D eigenvalue weighted by molar-refractivity contribution is 5.75. The molecule has 0 aliphatic carbocycles. The van der Waals surface area contributed by atoms with E-state index in [1.807, 2.05) is 6.92 Å². The molecule has 0 aliphatic rings. The predicted octanol–water partition coefficient (Wildman–Crippen LogP) is 1.08. The first-order valence-electron chi connectivity index (χ1n) is 6.60. The summed E-state index contributed by atoms with van der Waals surface area (Å²) in [7, 11) is 4.16. The van der Waals surface area contributed by atoms with Gasteiger partial charge in [-0.1, -0.05) is 13.8 Å². The Labute approximate surface area is 106 Å². The fourth-order valence-electron chi connectivity index (χ4n) is 1.91. The third-order valence-electron chi connectivity index (χ3n) is 2.50. The van der Waals surface area contributed by atoms with Gasteiger partial charge >= 0.3 is 0 Å². The Morgan fingerprint density at radius 1 is 1.29 bits per heavy atom. The molecule has 0 bridgehead atoms. The van der Waals surface area contributed by atoms with Crippen molar-refractivity contribution in [1.29, 1.82) is 0 Å². The monoisotopic (exact) mass is 243 g/mol. The molecule has 0 saturated heterocycles. The number of amides is 1. The van der Waals surface area contributed by atoms with Gasteiger partial charge in [-0.2, -0.15) is 0 Å². The number of nitrogens with zero attached hydrogens (tertiary/aromatic N) is 1. The van der Waals surface area contributed by atoms with Gasteiger partial charge in [0.05, 0.1) is 0 Å². The lowest BCUT2D eigenvalue weighted by Crippen LogP contribution is -2.40. The lowest BCUT2D eigenvalue weighted by atomic mass is 10.0. The van der Waals surface area contributed by atoms with Crippen molar-refractivity contribution in [2.45, 2.75) is 39.7 Å². The van der Waals surface area contributed by atoms with Crippen LogP contribution in [0, 0.1) is 5.92 Å². The molecule has 2 N–H and O–H groups in total. The van der Waals surface area contributed by atoms with Crippen LogP contribution in [0.4, 0.5) is 0 Å². The van der Waals surface area contributed by atoms with Crippen LogP contribution in [-0.4, -0.2) is 50.6 Å². The zero-order valence-electron chi connectivity index (χ0n) is 12.0. The zero-order valence-corrected chi connectivity index (χ0v) is 12.0. The number of hydrogen-bond donors (Lipinski definition) is 2. The quantitative estimate of drug-likeness (QED) is 0.637.